The minimum Gasteiger partial charge on any atom is -0.462 e. The van der Waals surface area contributed by atoms with Crippen molar-refractivity contribution in [2.24, 2.45) is 0 Å². The molecule has 0 fully saturated rings. The summed E-state index contributed by atoms with van der Waals surface area (Å²) < 4.78 is 16.9. The van der Waals surface area contributed by atoms with Crippen molar-refractivity contribution in [1.29, 1.82) is 0 Å². The Hall–Kier alpha value is -4.45. The van der Waals surface area contributed by atoms with E-state index in [0.717, 1.165) is 148 Å². The molecule has 0 aromatic rings. The van der Waals surface area contributed by atoms with Crippen LogP contribution in [0.15, 0.2) is 134 Å². The van der Waals surface area contributed by atoms with Gasteiger partial charge in [-0.1, -0.05) is 289 Å². The first-order valence-corrected chi connectivity index (χ1v) is 33.2. The third-order valence-electron chi connectivity index (χ3n) is 13.9. The van der Waals surface area contributed by atoms with Crippen LogP contribution < -0.4 is 0 Å². The van der Waals surface area contributed by atoms with Gasteiger partial charge in [0, 0.05) is 19.3 Å². The molecule has 454 valence electrons. The van der Waals surface area contributed by atoms with E-state index in [1.54, 1.807) is 0 Å². The highest BCUT2D eigenvalue weighted by Crippen LogP contribution is 2.15. The zero-order chi connectivity index (χ0) is 57.8. The second kappa shape index (κ2) is 67.1. The van der Waals surface area contributed by atoms with E-state index in [-0.39, 0.29) is 31.1 Å². The molecule has 0 aromatic carbocycles. The van der Waals surface area contributed by atoms with Crippen LogP contribution in [-0.2, 0) is 28.6 Å². The molecule has 1 atom stereocenters. The maximum Gasteiger partial charge on any atom is 0.306 e. The first-order valence-electron chi connectivity index (χ1n) is 33.2. The molecule has 0 rings (SSSR count). The lowest BCUT2D eigenvalue weighted by molar-refractivity contribution is -0.167. The van der Waals surface area contributed by atoms with Crippen molar-refractivity contribution in [2.75, 3.05) is 13.2 Å². The molecule has 6 nitrogen and oxygen atoms in total. The second-order valence-corrected chi connectivity index (χ2v) is 21.6. The molecular formula is C74H122O6. The van der Waals surface area contributed by atoms with Crippen LogP contribution in [0.2, 0.25) is 0 Å². The summed E-state index contributed by atoms with van der Waals surface area (Å²) in [6.45, 7) is 6.50. The molecule has 0 N–H and O–H groups in total. The Bertz CT molecular complexity index is 1700. The van der Waals surface area contributed by atoms with Gasteiger partial charge in [0.2, 0.25) is 0 Å². The van der Waals surface area contributed by atoms with Crippen molar-refractivity contribution < 1.29 is 28.6 Å². The lowest BCUT2D eigenvalue weighted by Crippen LogP contribution is -2.30. The summed E-state index contributed by atoms with van der Waals surface area (Å²) in [4.78, 5) is 38.2. The lowest BCUT2D eigenvalue weighted by atomic mass is 10.1. The topological polar surface area (TPSA) is 78.9 Å². The van der Waals surface area contributed by atoms with Gasteiger partial charge >= 0.3 is 17.9 Å². The number of unbranched alkanes of at least 4 members (excludes halogenated alkanes) is 26. The van der Waals surface area contributed by atoms with Crippen LogP contribution in [0, 0.1) is 0 Å². The number of esters is 3. The highest BCUT2D eigenvalue weighted by molar-refractivity contribution is 5.71. The van der Waals surface area contributed by atoms with Crippen LogP contribution in [0.1, 0.15) is 297 Å². The summed E-state index contributed by atoms with van der Waals surface area (Å²) in [5.41, 5.74) is 0. The predicted octanol–water partition coefficient (Wildman–Crippen LogP) is 22.9. The molecular weight excluding hydrogens is 985 g/mol. The molecule has 0 spiro atoms. The Morgan fingerprint density at radius 3 is 0.775 bits per heavy atom. The molecule has 0 amide bonds. The van der Waals surface area contributed by atoms with Crippen LogP contribution in [0.4, 0.5) is 0 Å². The van der Waals surface area contributed by atoms with Gasteiger partial charge in [0.1, 0.15) is 13.2 Å². The molecule has 0 saturated heterocycles. The summed E-state index contributed by atoms with van der Waals surface area (Å²) in [5.74, 6) is -0.921. The highest BCUT2D eigenvalue weighted by Gasteiger charge is 2.19. The fourth-order valence-electron chi connectivity index (χ4n) is 8.94. The van der Waals surface area contributed by atoms with E-state index >= 15 is 0 Å². The largest absolute Gasteiger partial charge is 0.462 e. The first kappa shape index (κ1) is 75.5. The Balaban J connectivity index is 4.29. The molecule has 0 heterocycles. The van der Waals surface area contributed by atoms with Gasteiger partial charge in [0.05, 0.1) is 0 Å². The monoisotopic (exact) mass is 1110 g/mol. The van der Waals surface area contributed by atoms with Gasteiger partial charge in [-0.25, -0.2) is 0 Å². The lowest BCUT2D eigenvalue weighted by Gasteiger charge is -2.18. The van der Waals surface area contributed by atoms with Gasteiger partial charge in [0.15, 0.2) is 6.10 Å². The Labute approximate surface area is 494 Å². The van der Waals surface area contributed by atoms with Crippen molar-refractivity contribution in [1.82, 2.24) is 0 Å². The summed E-state index contributed by atoms with van der Waals surface area (Å²) in [6.07, 6.45) is 94.7. The fourth-order valence-corrected chi connectivity index (χ4v) is 8.94. The van der Waals surface area contributed by atoms with Crippen LogP contribution in [-0.4, -0.2) is 37.2 Å². The third-order valence-corrected chi connectivity index (χ3v) is 13.9. The number of carbonyl (C=O) groups is 3. The van der Waals surface area contributed by atoms with Crippen molar-refractivity contribution >= 4 is 17.9 Å². The van der Waals surface area contributed by atoms with Gasteiger partial charge in [-0.15, -0.1) is 0 Å². The zero-order valence-electron chi connectivity index (χ0n) is 52.0. The number of allylic oxidation sites excluding steroid dienone is 22. The van der Waals surface area contributed by atoms with E-state index in [2.05, 4.69) is 154 Å². The molecule has 0 bridgehead atoms. The Morgan fingerprint density at radius 1 is 0.263 bits per heavy atom. The van der Waals surface area contributed by atoms with E-state index in [1.165, 1.54) is 109 Å². The molecule has 6 heteroatoms. The van der Waals surface area contributed by atoms with Gasteiger partial charge in [-0.3, -0.25) is 14.4 Å². The van der Waals surface area contributed by atoms with Crippen molar-refractivity contribution in [3.05, 3.63) is 134 Å². The van der Waals surface area contributed by atoms with Gasteiger partial charge < -0.3 is 14.2 Å². The molecule has 0 aliphatic rings. The smallest absolute Gasteiger partial charge is 0.306 e. The van der Waals surface area contributed by atoms with Crippen LogP contribution in [0.25, 0.3) is 0 Å². The minimum atomic E-state index is -0.795. The van der Waals surface area contributed by atoms with E-state index in [9.17, 15) is 14.4 Å². The molecule has 1 unspecified atom stereocenters. The Kier molecular flexibility index (Phi) is 63.3. The first-order chi connectivity index (χ1) is 39.5. The SMILES string of the molecule is CC/C=C\C/C=C\C/C=C\C/C=C\C/C=C\C/C=C\C/C=C\C/C=C\C/C=C\C/C=C\CCCCCCC(=O)OCC(COC(=O)CCCCCCCCCCCCC)OC(=O)CCCCCCC/C=C\CCCCCCCCC. The molecule has 0 aromatic heterocycles. The zero-order valence-corrected chi connectivity index (χ0v) is 52.0. The highest BCUT2D eigenvalue weighted by atomic mass is 16.6. The van der Waals surface area contributed by atoms with Gasteiger partial charge in [0.25, 0.3) is 0 Å². The van der Waals surface area contributed by atoms with Gasteiger partial charge in [-0.2, -0.15) is 0 Å². The predicted molar refractivity (Wildman–Crippen MR) is 348 cm³/mol. The molecule has 0 aliphatic carbocycles. The number of hydrogen-bond donors (Lipinski definition) is 0. The van der Waals surface area contributed by atoms with E-state index in [0.29, 0.717) is 19.3 Å². The van der Waals surface area contributed by atoms with Crippen LogP contribution in [0.5, 0.6) is 0 Å². The number of carbonyl (C=O) groups excluding carboxylic acids is 3. The Morgan fingerprint density at radius 2 is 0.487 bits per heavy atom. The molecule has 0 aliphatic heterocycles. The number of hydrogen-bond acceptors (Lipinski definition) is 6. The van der Waals surface area contributed by atoms with Crippen LogP contribution in [0.3, 0.4) is 0 Å². The fraction of sp³-hybridized carbons (Fsp3) is 0.662. The van der Waals surface area contributed by atoms with E-state index < -0.39 is 6.10 Å². The van der Waals surface area contributed by atoms with Gasteiger partial charge in [-0.05, 0) is 122 Å². The maximum atomic E-state index is 12.9. The van der Waals surface area contributed by atoms with Crippen molar-refractivity contribution in [3.8, 4) is 0 Å². The van der Waals surface area contributed by atoms with E-state index in [1.807, 2.05) is 0 Å². The summed E-state index contributed by atoms with van der Waals surface area (Å²) >= 11 is 0. The maximum absolute atomic E-state index is 12.9. The quantitative estimate of drug-likeness (QED) is 0.0261. The summed E-state index contributed by atoms with van der Waals surface area (Å²) in [5, 5.41) is 0. The van der Waals surface area contributed by atoms with Crippen molar-refractivity contribution in [3.63, 3.8) is 0 Å². The molecule has 80 heavy (non-hydrogen) atoms. The third kappa shape index (κ3) is 64.4. The van der Waals surface area contributed by atoms with E-state index in [4.69, 9.17) is 14.2 Å². The standard InChI is InChI=1S/C74H122O6/c1-4-7-10-13-16-19-22-24-26-28-29-30-31-32-33-34-35-36-37-38-39-40-41-42-43-44-45-46-48-49-52-55-58-61-64-67-73(76)79-70-71(69-78-72(75)66-63-60-57-54-51-21-18-15-12-9-6-3)80-74(77)68-65-62-59-56-53-50-47-27-25-23-20-17-14-11-8-5-2/h7,10,16,19,24,26-27,29-30,32-33,35-36,38-39,41-42,44-45,47-49,71H,4-6,8-9,11-15,17-18,20-23,25,28,31,34,37,40,43,46,50-70H2,1-3H3/b10-7-,19-16-,26-24-,30-29-,33-32-,36-35-,39-38-,42-41-,45-44-,47-27-,49-48-. The molecule has 0 radical (unpaired) electrons. The normalized spacial score (nSPS) is 13.0. The average molecular weight is 1110 g/mol. The number of rotatable bonds is 59. The molecule has 0 saturated carbocycles. The summed E-state index contributed by atoms with van der Waals surface area (Å²) in [6, 6.07) is 0. The number of ether oxygens (including phenoxy) is 3. The second-order valence-electron chi connectivity index (χ2n) is 21.6. The van der Waals surface area contributed by atoms with Crippen LogP contribution >= 0.6 is 0 Å². The summed E-state index contributed by atoms with van der Waals surface area (Å²) in [7, 11) is 0. The van der Waals surface area contributed by atoms with Crippen molar-refractivity contribution in [2.45, 2.75) is 303 Å². The minimum absolute atomic E-state index is 0.0894. The average Bonchev–Trinajstić information content (AvgIpc) is 3.46.